The summed E-state index contributed by atoms with van der Waals surface area (Å²) in [5.74, 6) is -19.7. The average molecular weight is 1730 g/mol. The normalized spacial score (nSPS) is 34.7. The molecule has 0 aromatic rings. The van der Waals surface area contributed by atoms with Crippen LogP contribution in [0, 0.1) is 0 Å². The second-order valence-electron chi connectivity index (χ2n) is 27.6. The van der Waals surface area contributed by atoms with Crippen LogP contribution in [-0.2, 0) is 224 Å². The van der Waals surface area contributed by atoms with E-state index in [1.165, 1.54) is 6.08 Å². The molecule has 47 nitrogen and oxygen atoms in total. The smallest absolute Gasteiger partial charge is 0.303 e. The van der Waals surface area contributed by atoms with Crippen molar-refractivity contribution in [2.24, 2.45) is 0 Å². The molecule has 0 unspecified atom stereocenters. The first-order valence-electron chi connectivity index (χ1n) is 37.2. The quantitative estimate of drug-likeness (QED) is 0.0506. The van der Waals surface area contributed by atoms with Crippen LogP contribution in [0.1, 0.15) is 118 Å². The molecule has 0 N–H and O–H groups in total. The van der Waals surface area contributed by atoms with E-state index in [2.05, 4.69) is 6.58 Å². The Hall–Kier alpha value is -9.79. The summed E-state index contributed by atoms with van der Waals surface area (Å²) in [7, 11) is 0. The predicted octanol–water partition coefficient (Wildman–Crippen LogP) is -2.14. The maximum atomic E-state index is 13.8. The van der Waals surface area contributed by atoms with Crippen molar-refractivity contribution in [2.75, 3.05) is 46.2 Å². The Bertz CT molecular complexity index is 3660. The highest BCUT2D eigenvalue weighted by atomic mass is 16.8. The molecule has 0 amide bonds. The minimum Gasteiger partial charge on any atom is -0.463 e. The van der Waals surface area contributed by atoms with Gasteiger partial charge in [0.05, 0.1) is 6.61 Å². The highest BCUT2D eigenvalue weighted by Gasteiger charge is 2.65. The zero-order chi connectivity index (χ0) is 89.0. The first-order valence-corrected chi connectivity index (χ1v) is 37.2. The Kier molecular flexibility index (Phi) is 36.2. The van der Waals surface area contributed by atoms with Gasteiger partial charge in [-0.15, -0.1) is 6.58 Å². The van der Waals surface area contributed by atoms with Crippen LogP contribution in [0.3, 0.4) is 0 Å². The van der Waals surface area contributed by atoms with Gasteiger partial charge in [0, 0.05) is 118 Å². The number of rotatable bonds is 26. The molecule has 120 heavy (non-hydrogen) atoms. The van der Waals surface area contributed by atoms with Crippen LogP contribution >= 0.6 is 0 Å². The monoisotopic (exact) mass is 1730 g/mol. The highest BCUT2D eigenvalue weighted by Crippen LogP contribution is 2.44. The maximum absolute atomic E-state index is 13.8. The summed E-state index contributed by atoms with van der Waals surface area (Å²) in [5, 5.41) is 0. The summed E-state index contributed by atoms with van der Waals surface area (Å²) in [5.41, 5.74) is 0. The zero-order valence-electron chi connectivity index (χ0n) is 68.2. The number of hydrogen-bond acceptors (Lipinski definition) is 47. The predicted molar refractivity (Wildman–Crippen MR) is 372 cm³/mol. The molecule has 30 atom stereocenters. The van der Waals surface area contributed by atoms with E-state index in [1.54, 1.807) is 0 Å². The molecule has 672 valence electrons. The van der Waals surface area contributed by atoms with Gasteiger partial charge in [-0.25, -0.2) is 0 Å². The van der Waals surface area contributed by atoms with Gasteiger partial charge >= 0.3 is 101 Å². The van der Waals surface area contributed by atoms with Gasteiger partial charge in [-0.05, 0) is 0 Å². The first kappa shape index (κ1) is 97.3. The molecule has 12 bridgehead atoms. The molecule has 0 aromatic carbocycles. The van der Waals surface area contributed by atoms with Crippen molar-refractivity contribution >= 4 is 101 Å². The Morgan fingerprint density at radius 2 is 0.333 bits per heavy atom. The molecule has 0 radical (unpaired) electrons. The van der Waals surface area contributed by atoms with Gasteiger partial charge in [0.2, 0.25) is 0 Å². The fraction of sp³-hybridized carbons (Fsp3) is 0.740. The van der Waals surface area contributed by atoms with Gasteiger partial charge in [-0.1, -0.05) is 6.08 Å². The van der Waals surface area contributed by atoms with E-state index < -0.39 is 332 Å². The minimum atomic E-state index is -2.38. The lowest BCUT2D eigenvalue weighted by molar-refractivity contribution is -0.404. The molecule has 16 heterocycles. The fourth-order valence-electron chi connectivity index (χ4n) is 13.7. The molecule has 16 aliphatic rings. The Balaban J connectivity index is 1.63. The van der Waals surface area contributed by atoms with Crippen LogP contribution < -0.4 is 0 Å². The Morgan fingerprint density at radius 1 is 0.200 bits per heavy atom. The van der Waals surface area contributed by atoms with Crippen molar-refractivity contribution in [1.29, 1.82) is 0 Å². The summed E-state index contributed by atoms with van der Waals surface area (Å²) in [6.45, 7) is 12.1. The van der Waals surface area contributed by atoms with Crippen molar-refractivity contribution in [1.82, 2.24) is 0 Å². The van der Waals surface area contributed by atoms with E-state index in [0.29, 0.717) is 0 Å². The third-order valence-corrected chi connectivity index (χ3v) is 17.7. The van der Waals surface area contributed by atoms with Gasteiger partial charge in [0.15, 0.2) is 105 Å². The van der Waals surface area contributed by atoms with E-state index in [1.807, 2.05) is 0 Å². The van der Waals surface area contributed by atoms with E-state index in [0.717, 1.165) is 118 Å². The lowest BCUT2D eigenvalue weighted by Gasteiger charge is -2.52. The van der Waals surface area contributed by atoms with Crippen molar-refractivity contribution in [3.63, 3.8) is 0 Å². The molecule has 0 aliphatic carbocycles. The second-order valence-corrected chi connectivity index (χ2v) is 27.6. The molecule has 16 saturated heterocycles. The zero-order valence-corrected chi connectivity index (χ0v) is 68.2. The number of esters is 17. The largest absolute Gasteiger partial charge is 0.463 e. The Labute approximate surface area is 683 Å². The van der Waals surface area contributed by atoms with Crippen molar-refractivity contribution in [2.45, 2.75) is 302 Å². The van der Waals surface area contributed by atoms with Gasteiger partial charge < -0.3 is 142 Å². The van der Waals surface area contributed by atoms with Crippen molar-refractivity contribution in [3.8, 4) is 0 Å². The molecular weight excluding hydrogens is 1630 g/mol. The molecule has 16 fully saturated rings. The van der Waals surface area contributed by atoms with Crippen LogP contribution in [0.5, 0.6) is 0 Å². The molecule has 47 heteroatoms. The van der Waals surface area contributed by atoms with Gasteiger partial charge in [-0.2, -0.15) is 0 Å². The summed E-state index contributed by atoms with van der Waals surface area (Å²) in [6, 6.07) is 0. The van der Waals surface area contributed by atoms with Gasteiger partial charge in [-0.3, -0.25) is 81.5 Å². The van der Waals surface area contributed by atoms with E-state index in [-0.39, 0.29) is 0 Å². The minimum absolute atomic E-state index is 0.559. The second kappa shape index (κ2) is 44.7. The SMILES string of the molecule is C=CCO[C@H]1[C@H]2O[C@H]3[C@H](OC(C)=O)[C@@H](OC(C)=O)[C@@H](O[C@H]4[C@H](OC(C)=O)[C@@H](OC(C)=O)[C@@H](O[C@H]5[C@H](OC(C)=O)[C@@H](OC(C)=O)[C@@H](O[C@H]6[C@H](OC(C)=O)[C@@H](OC(C)=O)[C@@H](O[C@H]7[C@H](OC(C)=O)[C@@H](OC(C)=O)[C@@H](O[C@@H]([C@@H]1OC(C)=O)[C@@H](COC(C)=O)O2)O[C@@H]7COC(C)=O)O[C@@H]6COC(C)=O)O[C@@H]5COC(C)=O)O[C@@H]4COC(C)=O)O[C@@H]3COC(C)=O. The van der Waals surface area contributed by atoms with E-state index >= 15 is 0 Å². The third kappa shape index (κ3) is 27.6. The fourth-order valence-corrected chi connectivity index (χ4v) is 13.7. The van der Waals surface area contributed by atoms with Crippen LogP contribution in [-0.4, -0.2) is 332 Å². The van der Waals surface area contributed by atoms with Crippen LogP contribution in [0.25, 0.3) is 0 Å². The number of ether oxygens (including phenoxy) is 30. The van der Waals surface area contributed by atoms with Crippen molar-refractivity contribution < 1.29 is 224 Å². The van der Waals surface area contributed by atoms with Gasteiger partial charge in [0.1, 0.15) is 119 Å². The molecule has 0 aromatic heterocycles. The summed E-state index contributed by atoms with van der Waals surface area (Å²) in [4.78, 5) is 230. The topological polar surface area (TPSA) is 567 Å². The summed E-state index contributed by atoms with van der Waals surface area (Å²) in [6.07, 6.45) is -64.3. The van der Waals surface area contributed by atoms with Gasteiger partial charge in [0.25, 0.3) is 0 Å². The number of carbonyl (C=O) groups excluding carboxylic acids is 17. The van der Waals surface area contributed by atoms with Crippen LogP contribution in [0.15, 0.2) is 12.7 Å². The summed E-state index contributed by atoms with van der Waals surface area (Å²) >= 11 is 0. The third-order valence-electron chi connectivity index (χ3n) is 17.7. The standard InChI is InChI=1S/C73H98O47/c1-19-20-91-62-56(98-33(8)80)50-44(21-92-27(2)74)109-68(62)115-51-45(22-93-28(3)75)110-70(63(104-39(14)86)57(51)99-34(9)81)117-53-47(24-95-30(5)77)112-72(65(106-41(16)88)59(53)101-36(11)83)119-55-49(26-97-32(7)79)114-73(67(108-43(18)90)61(55)103-38(13)85)120-54-48(25-96-31(6)78)113-71(66(107-42(17)89)60(54)102-37(12)84)118-52-46(23-94-29(4)76)111-69(116-50)64(105-40(15)87)58(52)100-35(10)82/h19,44-73H,1,20-26H2,2-18H3/t44-,45-,46-,47-,48-,49-,50-,51-,52-,53-,54-,55-,56+,57+,58+,59+,60+,61+,62-,63-,64-,65-,66-,67-,68-,69-,70-,71-,72-,73-/m1/s1. The van der Waals surface area contributed by atoms with E-state index in [4.69, 9.17) is 142 Å². The maximum Gasteiger partial charge on any atom is 0.303 e. The lowest BCUT2D eigenvalue weighted by Crippen LogP contribution is -2.71. The molecule has 0 spiro atoms. The first-order chi connectivity index (χ1) is 56.4. The summed E-state index contributed by atoms with van der Waals surface area (Å²) < 4.78 is 184. The molecule has 16 aliphatic heterocycles. The highest BCUT2D eigenvalue weighted by molar-refractivity contribution is 5.72. The number of hydrogen-bond donors (Lipinski definition) is 0. The molecular formula is C73H98O47. The number of carbonyl (C=O) groups is 17. The van der Waals surface area contributed by atoms with Crippen LogP contribution in [0.4, 0.5) is 0 Å². The molecule has 0 saturated carbocycles. The van der Waals surface area contributed by atoms with Crippen LogP contribution in [0.2, 0.25) is 0 Å². The molecule has 16 rings (SSSR count). The average Bonchev–Trinajstić information content (AvgIpc) is 0.753. The Morgan fingerprint density at radius 3 is 0.467 bits per heavy atom. The lowest BCUT2D eigenvalue weighted by atomic mass is 9.94. The van der Waals surface area contributed by atoms with E-state index in [9.17, 15) is 81.5 Å². The van der Waals surface area contributed by atoms with Crippen molar-refractivity contribution in [3.05, 3.63) is 12.7 Å².